The summed E-state index contributed by atoms with van der Waals surface area (Å²) >= 11 is 24.5. The first kappa shape index (κ1) is 19.6. The number of benzene rings is 1. The van der Waals surface area contributed by atoms with E-state index in [-0.39, 0.29) is 12.5 Å². The third kappa shape index (κ3) is 4.21. The van der Waals surface area contributed by atoms with Gasteiger partial charge in [-0.1, -0.05) is 58.8 Å². The van der Waals surface area contributed by atoms with Gasteiger partial charge in [-0.3, -0.25) is 9.69 Å². The molecular formula is C17H12Cl3NO3S2. The zero-order valence-corrected chi connectivity index (χ0v) is 17.3. The van der Waals surface area contributed by atoms with Gasteiger partial charge < -0.3 is 9.15 Å². The number of thiocarbonyl (C=S) groups is 1. The molecule has 0 spiro atoms. The van der Waals surface area contributed by atoms with E-state index in [9.17, 15) is 4.79 Å². The van der Waals surface area contributed by atoms with Gasteiger partial charge in [0.05, 0.1) is 15.0 Å². The number of hydrogen-bond donors (Lipinski definition) is 0. The zero-order valence-electron chi connectivity index (χ0n) is 13.4. The smallest absolute Gasteiger partial charge is 0.266 e. The molecule has 136 valence electrons. The minimum atomic E-state index is -0.114. The molecule has 1 aliphatic heterocycles. The van der Waals surface area contributed by atoms with Crippen molar-refractivity contribution in [2.45, 2.75) is 13.5 Å². The Labute approximate surface area is 175 Å². The first-order valence-electron chi connectivity index (χ1n) is 7.50. The maximum absolute atomic E-state index is 12.2. The first-order chi connectivity index (χ1) is 12.4. The van der Waals surface area contributed by atoms with Gasteiger partial charge in [0.15, 0.2) is 5.75 Å². The minimum Gasteiger partial charge on any atom is -0.483 e. The average Bonchev–Trinajstić information content (AvgIpc) is 3.11. The van der Waals surface area contributed by atoms with Gasteiger partial charge in [-0.2, -0.15) is 0 Å². The van der Waals surface area contributed by atoms with Gasteiger partial charge in [0.1, 0.15) is 22.4 Å². The van der Waals surface area contributed by atoms with Crippen LogP contribution in [0.15, 0.2) is 33.6 Å². The number of carbonyl (C=O) groups excluding carboxylic acids is 1. The molecule has 9 heteroatoms. The largest absolute Gasteiger partial charge is 0.483 e. The van der Waals surface area contributed by atoms with Crippen LogP contribution in [-0.4, -0.2) is 21.7 Å². The summed E-state index contributed by atoms with van der Waals surface area (Å²) in [6, 6.07) is 6.60. The normalized spacial score (nSPS) is 16.0. The molecule has 0 radical (unpaired) electrons. The number of rotatable bonds is 5. The van der Waals surface area contributed by atoms with Crippen LogP contribution in [0.1, 0.15) is 18.4 Å². The predicted molar refractivity (Wildman–Crippen MR) is 110 cm³/mol. The SMILES string of the molecule is CCN1C(=O)/C(=C/c2ccc(COc3c(Cl)cc(Cl)cc3Cl)o2)SC1=S. The van der Waals surface area contributed by atoms with Gasteiger partial charge in [0.2, 0.25) is 0 Å². The Morgan fingerprint density at radius 2 is 1.96 bits per heavy atom. The molecule has 1 aliphatic rings. The van der Waals surface area contributed by atoms with E-state index in [1.165, 1.54) is 11.8 Å². The van der Waals surface area contributed by atoms with Crippen molar-refractivity contribution in [3.63, 3.8) is 0 Å². The van der Waals surface area contributed by atoms with E-state index < -0.39 is 0 Å². The van der Waals surface area contributed by atoms with E-state index in [1.807, 2.05) is 6.92 Å². The number of ether oxygens (including phenoxy) is 1. The van der Waals surface area contributed by atoms with E-state index in [2.05, 4.69) is 0 Å². The van der Waals surface area contributed by atoms with Gasteiger partial charge in [0, 0.05) is 17.6 Å². The molecule has 2 heterocycles. The Kier molecular flexibility index (Phi) is 6.20. The fourth-order valence-corrected chi connectivity index (χ4v) is 4.55. The van der Waals surface area contributed by atoms with Crippen LogP contribution < -0.4 is 4.74 Å². The molecule has 1 amide bonds. The third-order valence-electron chi connectivity index (χ3n) is 3.47. The Balaban J connectivity index is 1.71. The van der Waals surface area contributed by atoms with Gasteiger partial charge in [-0.25, -0.2) is 0 Å². The molecule has 0 unspecified atom stereocenters. The first-order valence-corrected chi connectivity index (χ1v) is 9.86. The Hall–Kier alpha value is -1.18. The lowest BCUT2D eigenvalue weighted by atomic mass is 10.3. The number of nitrogens with zero attached hydrogens (tertiary/aromatic N) is 1. The molecule has 1 saturated heterocycles. The highest BCUT2D eigenvalue weighted by Crippen LogP contribution is 2.36. The van der Waals surface area contributed by atoms with Crippen molar-refractivity contribution in [3.8, 4) is 5.75 Å². The maximum Gasteiger partial charge on any atom is 0.266 e. The monoisotopic (exact) mass is 447 g/mol. The summed E-state index contributed by atoms with van der Waals surface area (Å²) in [5.74, 6) is 1.31. The summed E-state index contributed by atoms with van der Waals surface area (Å²) in [4.78, 5) is 14.3. The second-order valence-corrected chi connectivity index (χ2v) is 8.14. The maximum atomic E-state index is 12.2. The van der Waals surface area contributed by atoms with Crippen molar-refractivity contribution in [2.75, 3.05) is 6.54 Å². The molecule has 0 saturated carbocycles. The van der Waals surface area contributed by atoms with E-state index in [4.69, 9.17) is 56.2 Å². The molecular weight excluding hydrogens is 437 g/mol. The molecule has 0 aliphatic carbocycles. The molecule has 3 rings (SSSR count). The lowest BCUT2D eigenvalue weighted by Gasteiger charge is -2.09. The summed E-state index contributed by atoms with van der Waals surface area (Å²) in [6.45, 7) is 2.55. The molecule has 0 atom stereocenters. The summed E-state index contributed by atoms with van der Waals surface area (Å²) in [5, 5.41) is 1.06. The van der Waals surface area contributed by atoms with Crippen molar-refractivity contribution < 1.29 is 13.9 Å². The van der Waals surface area contributed by atoms with Crippen LogP contribution in [0.25, 0.3) is 6.08 Å². The fourth-order valence-electron chi connectivity index (χ4n) is 2.26. The van der Waals surface area contributed by atoms with Crippen molar-refractivity contribution >= 4 is 75.1 Å². The molecule has 0 N–H and O–H groups in total. The Morgan fingerprint density at radius 3 is 2.58 bits per heavy atom. The van der Waals surface area contributed by atoms with Crippen LogP contribution in [0.3, 0.4) is 0 Å². The minimum absolute atomic E-state index is 0.114. The van der Waals surface area contributed by atoms with E-state index in [1.54, 1.807) is 35.2 Å². The zero-order chi connectivity index (χ0) is 18.8. The van der Waals surface area contributed by atoms with Crippen molar-refractivity contribution in [1.29, 1.82) is 0 Å². The molecule has 26 heavy (non-hydrogen) atoms. The summed E-state index contributed by atoms with van der Waals surface area (Å²) in [5.41, 5.74) is 0. The fraction of sp³-hybridized carbons (Fsp3) is 0.176. The lowest BCUT2D eigenvalue weighted by Crippen LogP contribution is -2.27. The average molecular weight is 449 g/mol. The highest BCUT2D eigenvalue weighted by molar-refractivity contribution is 8.26. The lowest BCUT2D eigenvalue weighted by molar-refractivity contribution is -0.121. The third-order valence-corrected chi connectivity index (χ3v) is 5.62. The highest BCUT2D eigenvalue weighted by Gasteiger charge is 2.30. The summed E-state index contributed by atoms with van der Waals surface area (Å²) in [7, 11) is 0. The number of hydrogen-bond acceptors (Lipinski definition) is 5. The Morgan fingerprint density at radius 1 is 1.27 bits per heavy atom. The van der Waals surface area contributed by atoms with Gasteiger partial charge in [0.25, 0.3) is 5.91 Å². The quantitative estimate of drug-likeness (QED) is 0.412. The second kappa shape index (κ2) is 8.23. The number of carbonyl (C=O) groups is 1. The van der Waals surface area contributed by atoms with Gasteiger partial charge in [-0.05, 0) is 31.2 Å². The molecule has 1 aromatic carbocycles. The van der Waals surface area contributed by atoms with E-state index in [0.29, 0.717) is 48.1 Å². The van der Waals surface area contributed by atoms with Crippen LogP contribution in [0.5, 0.6) is 5.75 Å². The number of halogens is 3. The standard InChI is InChI=1S/C17H12Cl3NO3S2/c1-2-21-16(22)14(26-17(21)25)7-10-3-4-11(24-10)8-23-15-12(19)5-9(18)6-13(15)20/h3-7H,2,8H2,1H3/b14-7-. The van der Waals surface area contributed by atoms with Crippen LogP contribution in [-0.2, 0) is 11.4 Å². The van der Waals surface area contributed by atoms with E-state index in [0.717, 1.165) is 0 Å². The predicted octanol–water partition coefficient (Wildman–Crippen LogP) is 6.04. The molecule has 2 aromatic rings. The molecule has 0 bridgehead atoms. The number of amides is 1. The van der Waals surface area contributed by atoms with Crippen molar-refractivity contribution in [1.82, 2.24) is 4.90 Å². The molecule has 1 aromatic heterocycles. The van der Waals surface area contributed by atoms with Crippen LogP contribution in [0, 0.1) is 0 Å². The van der Waals surface area contributed by atoms with Crippen LogP contribution >= 0.6 is 58.8 Å². The van der Waals surface area contributed by atoms with Crippen LogP contribution in [0.2, 0.25) is 15.1 Å². The van der Waals surface area contributed by atoms with Crippen molar-refractivity contribution in [3.05, 3.63) is 55.8 Å². The van der Waals surface area contributed by atoms with Gasteiger partial charge >= 0.3 is 0 Å². The van der Waals surface area contributed by atoms with Crippen molar-refractivity contribution in [2.24, 2.45) is 0 Å². The topological polar surface area (TPSA) is 42.7 Å². The second-order valence-electron chi connectivity index (χ2n) is 5.22. The van der Waals surface area contributed by atoms with E-state index >= 15 is 0 Å². The van der Waals surface area contributed by atoms with Gasteiger partial charge in [-0.15, -0.1) is 0 Å². The molecule has 4 nitrogen and oxygen atoms in total. The number of thioether (sulfide) groups is 1. The highest BCUT2D eigenvalue weighted by atomic mass is 35.5. The Bertz CT molecular complexity index is 887. The number of likely N-dealkylation sites (N-methyl/N-ethyl adjacent to an activating group) is 1. The summed E-state index contributed by atoms with van der Waals surface area (Å²) in [6.07, 6.45) is 1.67. The molecule has 1 fully saturated rings. The summed E-state index contributed by atoms with van der Waals surface area (Å²) < 4.78 is 11.9. The van der Waals surface area contributed by atoms with Crippen LogP contribution in [0.4, 0.5) is 0 Å². The number of furan rings is 1.